The second-order valence-corrected chi connectivity index (χ2v) is 5.24. The van der Waals surface area contributed by atoms with E-state index in [4.69, 9.17) is 5.73 Å². The Balaban J connectivity index is 2.49. The molecule has 0 atom stereocenters. The number of fused-ring (bicyclic) bond motifs is 1. The minimum atomic E-state index is -0.00623. The van der Waals surface area contributed by atoms with Crippen molar-refractivity contribution in [1.29, 1.82) is 0 Å². The van der Waals surface area contributed by atoms with E-state index >= 15 is 0 Å². The van der Waals surface area contributed by atoms with Crippen molar-refractivity contribution < 1.29 is 0 Å². The summed E-state index contributed by atoms with van der Waals surface area (Å²) < 4.78 is 2.14. The van der Waals surface area contributed by atoms with Crippen LogP contribution in [0.1, 0.15) is 20.8 Å². The Morgan fingerprint density at radius 1 is 1.29 bits per heavy atom. The van der Waals surface area contributed by atoms with Crippen LogP contribution in [0.3, 0.4) is 0 Å². The zero-order valence-electron chi connectivity index (χ0n) is 10.7. The van der Waals surface area contributed by atoms with Crippen LogP contribution in [0.25, 0.3) is 11.0 Å². The molecule has 2 rings (SSSR count). The van der Waals surface area contributed by atoms with Crippen LogP contribution in [0.5, 0.6) is 0 Å². The maximum absolute atomic E-state index is 5.67. The summed E-state index contributed by atoms with van der Waals surface area (Å²) in [7, 11) is 0. The lowest BCUT2D eigenvalue weighted by atomic mass is 10.1. The van der Waals surface area contributed by atoms with E-state index in [2.05, 4.69) is 41.7 Å². The van der Waals surface area contributed by atoms with Crippen LogP contribution in [-0.2, 0) is 6.54 Å². The van der Waals surface area contributed by atoms with Crippen molar-refractivity contribution in [2.24, 2.45) is 5.73 Å². The van der Waals surface area contributed by atoms with Gasteiger partial charge in [-0.3, -0.25) is 0 Å². The largest absolute Gasteiger partial charge is 0.351 e. The number of nitrogens with zero attached hydrogens (tertiary/aromatic N) is 2. The molecule has 0 saturated heterocycles. The summed E-state index contributed by atoms with van der Waals surface area (Å²) >= 11 is 0. The number of aromatic nitrogens is 2. The summed E-state index contributed by atoms with van der Waals surface area (Å²) in [4.78, 5) is 4.61. The molecule has 4 nitrogen and oxygen atoms in total. The Morgan fingerprint density at radius 3 is 2.65 bits per heavy atom. The highest BCUT2D eigenvalue weighted by Gasteiger charge is 2.15. The average molecular weight is 232 g/mol. The van der Waals surface area contributed by atoms with Crippen molar-refractivity contribution >= 4 is 17.0 Å². The summed E-state index contributed by atoms with van der Waals surface area (Å²) in [5.74, 6) is 0.893. The third kappa shape index (κ3) is 2.58. The van der Waals surface area contributed by atoms with Gasteiger partial charge in [-0.15, -0.1) is 0 Å². The molecule has 0 spiro atoms. The zero-order chi connectivity index (χ0) is 12.5. The number of rotatable bonds is 3. The number of hydrogen-bond donors (Lipinski definition) is 2. The summed E-state index contributed by atoms with van der Waals surface area (Å²) in [6, 6.07) is 8.13. The van der Waals surface area contributed by atoms with Gasteiger partial charge in [0.15, 0.2) is 0 Å². The number of para-hydroxylation sites is 2. The smallest absolute Gasteiger partial charge is 0.204 e. The van der Waals surface area contributed by atoms with Gasteiger partial charge in [-0.1, -0.05) is 12.1 Å². The number of benzene rings is 1. The van der Waals surface area contributed by atoms with Crippen molar-refractivity contribution in [3.8, 4) is 0 Å². The van der Waals surface area contributed by atoms with E-state index in [1.807, 2.05) is 18.2 Å². The molecule has 0 bridgehead atoms. The molecule has 0 saturated carbocycles. The molecule has 17 heavy (non-hydrogen) atoms. The first-order chi connectivity index (χ1) is 8.01. The highest BCUT2D eigenvalue weighted by atomic mass is 15.2. The lowest BCUT2D eigenvalue weighted by Crippen LogP contribution is -2.28. The molecule has 1 aromatic heterocycles. The lowest BCUT2D eigenvalue weighted by molar-refractivity contribution is 0.611. The van der Waals surface area contributed by atoms with E-state index in [0.717, 1.165) is 23.5 Å². The van der Waals surface area contributed by atoms with Gasteiger partial charge in [-0.25, -0.2) is 4.98 Å². The lowest BCUT2D eigenvalue weighted by Gasteiger charge is -2.22. The van der Waals surface area contributed by atoms with Gasteiger partial charge in [0.05, 0.1) is 11.0 Å². The summed E-state index contributed by atoms with van der Waals surface area (Å²) in [6.07, 6.45) is 0. The third-order valence-corrected chi connectivity index (χ3v) is 2.49. The highest BCUT2D eigenvalue weighted by Crippen LogP contribution is 2.21. The summed E-state index contributed by atoms with van der Waals surface area (Å²) in [6.45, 7) is 7.76. The quantitative estimate of drug-likeness (QED) is 0.853. The molecule has 0 fully saturated rings. The first kappa shape index (κ1) is 11.9. The predicted molar refractivity (Wildman–Crippen MR) is 72.2 cm³/mol. The van der Waals surface area contributed by atoms with Crippen molar-refractivity contribution in [2.75, 3.05) is 11.9 Å². The molecular weight excluding hydrogens is 212 g/mol. The molecule has 1 aromatic carbocycles. The maximum Gasteiger partial charge on any atom is 0.204 e. The first-order valence-corrected chi connectivity index (χ1v) is 5.95. The van der Waals surface area contributed by atoms with Crippen molar-refractivity contribution in [3.05, 3.63) is 24.3 Å². The standard InChI is InChI=1S/C13H20N4/c1-13(2,3)16-12-15-10-6-4-5-7-11(10)17(12)9-8-14/h4-7H,8-9,14H2,1-3H3,(H,15,16). The van der Waals surface area contributed by atoms with Crippen LogP contribution in [0.15, 0.2) is 24.3 Å². The summed E-state index contributed by atoms with van der Waals surface area (Å²) in [5, 5.41) is 3.42. The predicted octanol–water partition coefficient (Wildman–Crippen LogP) is 2.21. The fourth-order valence-electron chi connectivity index (χ4n) is 1.86. The minimum absolute atomic E-state index is 0.00623. The molecule has 92 valence electrons. The van der Waals surface area contributed by atoms with Gasteiger partial charge < -0.3 is 15.6 Å². The van der Waals surface area contributed by atoms with Crippen LogP contribution >= 0.6 is 0 Å². The Kier molecular flexibility index (Phi) is 3.07. The number of anilines is 1. The molecule has 0 unspecified atom stereocenters. The van der Waals surface area contributed by atoms with E-state index in [0.29, 0.717) is 6.54 Å². The molecule has 2 aromatic rings. The van der Waals surface area contributed by atoms with E-state index < -0.39 is 0 Å². The monoisotopic (exact) mass is 232 g/mol. The first-order valence-electron chi connectivity index (χ1n) is 5.95. The zero-order valence-corrected chi connectivity index (χ0v) is 10.7. The molecule has 0 aliphatic rings. The SMILES string of the molecule is CC(C)(C)Nc1nc2ccccc2n1CCN. The van der Waals surface area contributed by atoms with Crippen LogP contribution in [-0.4, -0.2) is 21.6 Å². The Morgan fingerprint density at radius 2 is 2.00 bits per heavy atom. The highest BCUT2D eigenvalue weighted by molar-refractivity contribution is 5.78. The molecule has 0 amide bonds. The van der Waals surface area contributed by atoms with Crippen molar-refractivity contribution in [3.63, 3.8) is 0 Å². The fraction of sp³-hybridized carbons (Fsp3) is 0.462. The summed E-state index contributed by atoms with van der Waals surface area (Å²) in [5.41, 5.74) is 7.80. The van der Waals surface area contributed by atoms with Crippen LogP contribution in [0.4, 0.5) is 5.95 Å². The molecule has 4 heteroatoms. The second kappa shape index (κ2) is 4.37. The van der Waals surface area contributed by atoms with Gasteiger partial charge in [0.1, 0.15) is 0 Å². The van der Waals surface area contributed by atoms with Gasteiger partial charge in [-0.05, 0) is 32.9 Å². The molecule has 0 aliphatic carbocycles. The van der Waals surface area contributed by atoms with Crippen molar-refractivity contribution in [1.82, 2.24) is 9.55 Å². The van der Waals surface area contributed by atoms with Gasteiger partial charge in [0.2, 0.25) is 5.95 Å². The van der Waals surface area contributed by atoms with Crippen LogP contribution < -0.4 is 11.1 Å². The van der Waals surface area contributed by atoms with Crippen LogP contribution in [0, 0.1) is 0 Å². The number of imidazole rings is 1. The van der Waals surface area contributed by atoms with E-state index in [-0.39, 0.29) is 5.54 Å². The Labute approximate surface area is 102 Å². The van der Waals surface area contributed by atoms with Gasteiger partial charge in [0, 0.05) is 18.6 Å². The number of hydrogen-bond acceptors (Lipinski definition) is 3. The number of nitrogens with one attached hydrogen (secondary N) is 1. The Bertz CT molecular complexity index is 508. The average Bonchev–Trinajstić information content (AvgIpc) is 2.55. The van der Waals surface area contributed by atoms with Crippen molar-refractivity contribution in [2.45, 2.75) is 32.9 Å². The topological polar surface area (TPSA) is 55.9 Å². The fourth-order valence-corrected chi connectivity index (χ4v) is 1.86. The van der Waals surface area contributed by atoms with E-state index in [9.17, 15) is 0 Å². The molecule has 3 N–H and O–H groups in total. The van der Waals surface area contributed by atoms with Gasteiger partial charge >= 0.3 is 0 Å². The number of nitrogens with two attached hydrogens (primary N) is 1. The Hall–Kier alpha value is -1.55. The maximum atomic E-state index is 5.67. The van der Waals surface area contributed by atoms with E-state index in [1.165, 1.54) is 0 Å². The molecule has 1 heterocycles. The van der Waals surface area contributed by atoms with Crippen LogP contribution in [0.2, 0.25) is 0 Å². The molecule has 0 aliphatic heterocycles. The third-order valence-electron chi connectivity index (χ3n) is 2.49. The second-order valence-electron chi connectivity index (χ2n) is 5.24. The van der Waals surface area contributed by atoms with E-state index in [1.54, 1.807) is 0 Å². The molecular formula is C13H20N4. The van der Waals surface area contributed by atoms with Gasteiger partial charge in [-0.2, -0.15) is 0 Å². The normalized spacial score (nSPS) is 12.0. The van der Waals surface area contributed by atoms with Gasteiger partial charge in [0.25, 0.3) is 0 Å². The molecule has 0 radical (unpaired) electrons. The minimum Gasteiger partial charge on any atom is -0.351 e.